The average molecular weight is 332 g/mol. The van der Waals surface area contributed by atoms with E-state index < -0.39 is 10.8 Å². The third kappa shape index (κ3) is 3.50. The second-order valence-corrected chi connectivity index (χ2v) is 7.14. The quantitative estimate of drug-likeness (QED) is 0.842. The Morgan fingerprint density at radius 3 is 2.70 bits per heavy atom. The van der Waals surface area contributed by atoms with E-state index in [9.17, 15) is 4.21 Å². The van der Waals surface area contributed by atoms with Crippen molar-refractivity contribution in [2.24, 2.45) is 0 Å². The molecule has 1 aromatic heterocycles. The summed E-state index contributed by atoms with van der Waals surface area (Å²) in [6, 6.07) is 3.58. The molecule has 0 amide bonds. The molecule has 0 aliphatic rings. The SMILES string of the molecule is COc1cc(C)c(S(C)=O)cc1OCc1cnc(Cl)s1. The Kier molecular flexibility index (Phi) is 5.01. The van der Waals surface area contributed by atoms with Crippen LogP contribution in [-0.4, -0.2) is 22.6 Å². The maximum absolute atomic E-state index is 11.7. The molecule has 0 saturated carbocycles. The highest BCUT2D eigenvalue weighted by Crippen LogP contribution is 2.33. The second-order valence-electron chi connectivity index (χ2n) is 4.09. The molecule has 1 atom stereocenters. The van der Waals surface area contributed by atoms with Crippen LogP contribution in [0.5, 0.6) is 11.5 Å². The number of methoxy groups -OCH3 is 1. The Labute approximate surface area is 129 Å². The number of thiazole rings is 1. The van der Waals surface area contributed by atoms with Crippen molar-refractivity contribution in [3.8, 4) is 11.5 Å². The van der Waals surface area contributed by atoms with Gasteiger partial charge in [0.1, 0.15) is 6.61 Å². The monoisotopic (exact) mass is 331 g/mol. The summed E-state index contributed by atoms with van der Waals surface area (Å²) in [6.07, 6.45) is 3.31. The van der Waals surface area contributed by atoms with Gasteiger partial charge in [-0.05, 0) is 18.6 Å². The molecule has 2 rings (SSSR count). The van der Waals surface area contributed by atoms with Crippen LogP contribution in [0.2, 0.25) is 4.47 Å². The van der Waals surface area contributed by atoms with Crippen molar-refractivity contribution in [1.29, 1.82) is 0 Å². The van der Waals surface area contributed by atoms with Crippen LogP contribution in [0.3, 0.4) is 0 Å². The molecule has 0 fully saturated rings. The van der Waals surface area contributed by atoms with E-state index in [1.807, 2.05) is 13.0 Å². The van der Waals surface area contributed by atoms with Crippen LogP contribution in [0.15, 0.2) is 23.2 Å². The van der Waals surface area contributed by atoms with Gasteiger partial charge in [0.15, 0.2) is 16.0 Å². The topological polar surface area (TPSA) is 48.4 Å². The lowest BCUT2D eigenvalue weighted by molar-refractivity contribution is 0.286. The molecule has 0 aliphatic carbocycles. The Morgan fingerprint density at radius 1 is 1.40 bits per heavy atom. The van der Waals surface area contributed by atoms with Crippen LogP contribution in [0.25, 0.3) is 0 Å². The predicted octanol–water partition coefficient (Wildman–Crippen LogP) is 3.43. The number of hydrogen-bond acceptors (Lipinski definition) is 5. The third-order valence-corrected chi connectivity index (χ3v) is 4.81. The van der Waals surface area contributed by atoms with Gasteiger partial charge in [0.2, 0.25) is 0 Å². The Bertz CT molecular complexity index is 643. The number of aromatic nitrogens is 1. The summed E-state index contributed by atoms with van der Waals surface area (Å²) in [5.41, 5.74) is 0.913. The highest BCUT2D eigenvalue weighted by atomic mass is 35.5. The summed E-state index contributed by atoms with van der Waals surface area (Å²) in [5.74, 6) is 1.18. The summed E-state index contributed by atoms with van der Waals surface area (Å²) in [4.78, 5) is 5.61. The summed E-state index contributed by atoms with van der Waals surface area (Å²) in [7, 11) is 0.506. The fourth-order valence-electron chi connectivity index (χ4n) is 1.72. The lowest BCUT2D eigenvalue weighted by atomic mass is 10.2. The number of nitrogens with zero attached hydrogens (tertiary/aromatic N) is 1. The molecule has 108 valence electrons. The molecule has 1 heterocycles. The third-order valence-electron chi connectivity index (χ3n) is 2.67. The van der Waals surface area contributed by atoms with Gasteiger partial charge in [0.25, 0.3) is 0 Å². The van der Waals surface area contributed by atoms with E-state index in [2.05, 4.69) is 4.98 Å². The zero-order valence-electron chi connectivity index (χ0n) is 11.3. The Morgan fingerprint density at radius 2 is 2.15 bits per heavy atom. The van der Waals surface area contributed by atoms with Gasteiger partial charge >= 0.3 is 0 Å². The normalized spacial score (nSPS) is 12.2. The largest absolute Gasteiger partial charge is 0.493 e. The van der Waals surface area contributed by atoms with Crippen molar-refractivity contribution in [2.45, 2.75) is 18.4 Å². The van der Waals surface area contributed by atoms with Crippen LogP contribution < -0.4 is 9.47 Å². The van der Waals surface area contributed by atoms with E-state index >= 15 is 0 Å². The minimum Gasteiger partial charge on any atom is -0.493 e. The summed E-state index contributed by atoms with van der Waals surface area (Å²) >= 11 is 7.14. The molecule has 7 heteroatoms. The van der Waals surface area contributed by atoms with Crippen LogP contribution >= 0.6 is 22.9 Å². The summed E-state index contributed by atoms with van der Waals surface area (Å²) in [6.45, 7) is 2.24. The van der Waals surface area contributed by atoms with Gasteiger partial charge in [-0.1, -0.05) is 11.6 Å². The van der Waals surface area contributed by atoms with Crippen molar-refractivity contribution in [1.82, 2.24) is 4.98 Å². The number of ether oxygens (including phenoxy) is 2. The van der Waals surface area contributed by atoms with E-state index in [1.54, 1.807) is 25.6 Å². The van der Waals surface area contributed by atoms with E-state index in [4.69, 9.17) is 21.1 Å². The molecular weight excluding hydrogens is 318 g/mol. The van der Waals surface area contributed by atoms with Crippen molar-refractivity contribution < 1.29 is 13.7 Å². The van der Waals surface area contributed by atoms with Crippen molar-refractivity contribution in [3.05, 3.63) is 33.2 Å². The van der Waals surface area contributed by atoms with E-state index in [-0.39, 0.29) is 0 Å². The van der Waals surface area contributed by atoms with E-state index in [0.29, 0.717) is 22.6 Å². The molecule has 1 unspecified atom stereocenters. The van der Waals surface area contributed by atoms with Crippen LogP contribution in [0, 0.1) is 6.92 Å². The van der Waals surface area contributed by atoms with Gasteiger partial charge in [-0.3, -0.25) is 4.21 Å². The fourth-order valence-corrected chi connectivity index (χ4v) is 3.40. The predicted molar refractivity (Wildman–Crippen MR) is 81.5 cm³/mol. The number of hydrogen-bond donors (Lipinski definition) is 0. The first-order chi connectivity index (χ1) is 9.51. The summed E-state index contributed by atoms with van der Waals surface area (Å²) in [5, 5.41) is 0. The lowest BCUT2D eigenvalue weighted by Crippen LogP contribution is -2.00. The maximum atomic E-state index is 11.7. The summed E-state index contributed by atoms with van der Waals surface area (Å²) < 4.78 is 23.2. The first kappa shape index (κ1) is 15.3. The molecular formula is C13H14ClNO3S2. The van der Waals surface area contributed by atoms with Gasteiger partial charge in [-0.2, -0.15) is 0 Å². The Hall–Kier alpha value is -1.11. The van der Waals surface area contributed by atoms with Gasteiger partial charge in [0.05, 0.1) is 22.8 Å². The minimum absolute atomic E-state index is 0.347. The fraction of sp³-hybridized carbons (Fsp3) is 0.308. The first-order valence-electron chi connectivity index (χ1n) is 5.76. The number of benzene rings is 1. The molecule has 0 N–H and O–H groups in total. The number of rotatable bonds is 5. The highest BCUT2D eigenvalue weighted by molar-refractivity contribution is 7.84. The van der Waals surface area contributed by atoms with E-state index in [1.165, 1.54) is 11.3 Å². The number of aryl methyl sites for hydroxylation is 1. The molecule has 1 aromatic carbocycles. The molecule has 0 aliphatic heterocycles. The molecule has 2 aromatic rings. The van der Waals surface area contributed by atoms with Gasteiger partial charge in [-0.25, -0.2) is 4.98 Å². The van der Waals surface area contributed by atoms with Crippen molar-refractivity contribution in [2.75, 3.05) is 13.4 Å². The standard InChI is InChI=1S/C13H14ClNO3S2/c1-8-4-10(17-2)11(5-12(8)20(3)16)18-7-9-6-15-13(14)19-9/h4-6H,7H2,1-3H3. The zero-order valence-corrected chi connectivity index (χ0v) is 13.7. The Balaban J connectivity index is 2.25. The van der Waals surface area contributed by atoms with E-state index in [0.717, 1.165) is 15.3 Å². The molecule has 0 radical (unpaired) electrons. The van der Waals surface area contributed by atoms with Crippen LogP contribution in [0.1, 0.15) is 10.4 Å². The zero-order chi connectivity index (χ0) is 14.7. The minimum atomic E-state index is -1.07. The smallest absolute Gasteiger partial charge is 0.183 e. The molecule has 0 saturated heterocycles. The van der Waals surface area contributed by atoms with Crippen LogP contribution in [0.4, 0.5) is 0 Å². The number of halogens is 1. The molecule has 20 heavy (non-hydrogen) atoms. The second kappa shape index (κ2) is 6.56. The molecule has 4 nitrogen and oxygen atoms in total. The lowest BCUT2D eigenvalue weighted by Gasteiger charge is -2.13. The van der Waals surface area contributed by atoms with Crippen molar-refractivity contribution in [3.63, 3.8) is 0 Å². The van der Waals surface area contributed by atoms with Crippen LogP contribution in [-0.2, 0) is 17.4 Å². The molecule has 0 bridgehead atoms. The highest BCUT2D eigenvalue weighted by Gasteiger charge is 2.12. The average Bonchev–Trinajstić information content (AvgIpc) is 2.82. The van der Waals surface area contributed by atoms with Crippen molar-refractivity contribution >= 4 is 33.7 Å². The maximum Gasteiger partial charge on any atom is 0.183 e. The van der Waals surface area contributed by atoms with Gasteiger partial charge in [0, 0.05) is 23.4 Å². The molecule has 0 spiro atoms. The first-order valence-corrected chi connectivity index (χ1v) is 8.51. The van der Waals surface area contributed by atoms with Gasteiger partial charge in [-0.15, -0.1) is 11.3 Å². The van der Waals surface area contributed by atoms with Gasteiger partial charge < -0.3 is 9.47 Å².